The number of nitrogens with two attached hydrogens (primary N) is 1. The van der Waals surface area contributed by atoms with Crippen molar-refractivity contribution < 1.29 is 27.5 Å². The molecule has 1 unspecified atom stereocenters. The molecule has 35 heavy (non-hydrogen) atoms. The number of amidine groups is 1. The summed E-state index contributed by atoms with van der Waals surface area (Å²) in [6.07, 6.45) is -2.36. The van der Waals surface area contributed by atoms with Crippen LogP contribution in [0.1, 0.15) is 61.0 Å². The van der Waals surface area contributed by atoms with Gasteiger partial charge in [0, 0.05) is 46.3 Å². The third-order valence-electron chi connectivity index (χ3n) is 6.52. The summed E-state index contributed by atoms with van der Waals surface area (Å²) in [5, 5.41) is 9.82. The summed E-state index contributed by atoms with van der Waals surface area (Å²) < 4.78 is 53.6. The van der Waals surface area contributed by atoms with Crippen LogP contribution in [0.3, 0.4) is 0 Å². The Morgan fingerprint density at radius 3 is 2.60 bits per heavy atom. The number of benzene rings is 1. The number of pyridine rings is 1. The van der Waals surface area contributed by atoms with Crippen LogP contribution in [0.15, 0.2) is 29.3 Å². The van der Waals surface area contributed by atoms with Gasteiger partial charge in [0.1, 0.15) is 17.3 Å². The number of alkyl halides is 3. The van der Waals surface area contributed by atoms with E-state index in [0.717, 1.165) is 12.1 Å². The number of aliphatic imine (C=N–C) groups is 1. The van der Waals surface area contributed by atoms with Crippen molar-refractivity contribution in [2.24, 2.45) is 16.6 Å². The third kappa shape index (κ3) is 5.43. The van der Waals surface area contributed by atoms with E-state index in [1.807, 2.05) is 11.8 Å². The molecule has 1 saturated heterocycles. The van der Waals surface area contributed by atoms with Crippen LogP contribution < -0.4 is 10.6 Å². The Kier molecular flexibility index (Phi) is 7.06. The lowest BCUT2D eigenvalue weighted by Crippen LogP contribution is -2.43. The summed E-state index contributed by atoms with van der Waals surface area (Å²) in [5.41, 5.74) is 6.15. The average Bonchev–Trinajstić information content (AvgIpc) is 3.63. The number of carbonyl (C=O) groups is 1. The standard InChI is InChI=1S/C24H25ClF4N4O2/c1-12-8-14(6-7-33(12)19-10-15(25)9-18(26)17(19)11-34)23(35)32-22(30)16-4-5-20(24(27,28)29)31-21(16)13-2-3-13/h4-5,9-10,12-14,34H,2-3,6-8,11H2,1H3,(H2,30,32,35)/t12?,14-/m0/s1. The lowest BCUT2D eigenvalue weighted by atomic mass is 9.90. The van der Waals surface area contributed by atoms with Crippen LogP contribution in [0.4, 0.5) is 23.2 Å². The maximum atomic E-state index is 14.3. The highest BCUT2D eigenvalue weighted by Crippen LogP contribution is 2.42. The smallest absolute Gasteiger partial charge is 0.391 e. The minimum atomic E-state index is -4.57. The van der Waals surface area contributed by atoms with Gasteiger partial charge in [-0.25, -0.2) is 9.37 Å². The Bertz CT molecular complexity index is 1170. The van der Waals surface area contributed by atoms with Gasteiger partial charge < -0.3 is 15.7 Å². The van der Waals surface area contributed by atoms with Gasteiger partial charge in [-0.05, 0) is 56.9 Å². The largest absolute Gasteiger partial charge is 0.433 e. The van der Waals surface area contributed by atoms with Crippen molar-refractivity contribution in [2.45, 2.75) is 57.3 Å². The molecule has 1 amide bonds. The SMILES string of the molecule is CC1C[C@@H](C(=O)N=C(N)c2ccc(C(F)(F)F)nc2C2CC2)CCN1c1cc(Cl)cc(F)c1CO. The Balaban J connectivity index is 1.52. The van der Waals surface area contributed by atoms with Crippen molar-refractivity contribution in [1.82, 2.24) is 4.98 Å². The predicted molar refractivity (Wildman–Crippen MR) is 124 cm³/mol. The van der Waals surface area contributed by atoms with E-state index in [4.69, 9.17) is 17.3 Å². The second kappa shape index (κ2) is 9.73. The molecule has 2 atom stereocenters. The van der Waals surface area contributed by atoms with E-state index in [1.54, 1.807) is 6.07 Å². The Hall–Kier alpha value is -2.72. The van der Waals surface area contributed by atoms with Crippen LogP contribution in [0.2, 0.25) is 5.02 Å². The number of nitrogens with zero attached hydrogens (tertiary/aromatic N) is 3. The highest BCUT2D eigenvalue weighted by molar-refractivity contribution is 6.30. The number of aliphatic hydroxyl groups is 1. The normalized spacial score (nSPS) is 21.3. The van der Waals surface area contributed by atoms with Gasteiger partial charge in [-0.15, -0.1) is 0 Å². The molecule has 1 aliphatic heterocycles. The molecule has 11 heteroatoms. The van der Waals surface area contributed by atoms with Crippen molar-refractivity contribution in [3.63, 3.8) is 0 Å². The third-order valence-corrected chi connectivity index (χ3v) is 6.73. The fourth-order valence-electron chi connectivity index (χ4n) is 4.54. The van der Waals surface area contributed by atoms with E-state index in [-0.39, 0.29) is 39.6 Å². The van der Waals surface area contributed by atoms with Crippen molar-refractivity contribution in [3.05, 3.63) is 57.6 Å². The summed E-state index contributed by atoms with van der Waals surface area (Å²) in [5.74, 6) is -1.80. The molecule has 3 N–H and O–H groups in total. The maximum absolute atomic E-state index is 14.3. The van der Waals surface area contributed by atoms with Crippen LogP contribution in [0.5, 0.6) is 0 Å². The molecule has 2 aromatic rings. The van der Waals surface area contributed by atoms with E-state index in [2.05, 4.69) is 9.98 Å². The molecule has 1 saturated carbocycles. The lowest BCUT2D eigenvalue weighted by Gasteiger charge is -2.39. The molecule has 2 heterocycles. The highest BCUT2D eigenvalue weighted by atomic mass is 35.5. The summed E-state index contributed by atoms with van der Waals surface area (Å²) >= 11 is 6.01. The summed E-state index contributed by atoms with van der Waals surface area (Å²) in [7, 11) is 0. The summed E-state index contributed by atoms with van der Waals surface area (Å²) in [6.45, 7) is 1.78. The van der Waals surface area contributed by atoms with E-state index in [0.29, 0.717) is 37.9 Å². The number of piperidine rings is 1. The molecule has 1 aromatic heterocycles. The highest BCUT2D eigenvalue weighted by Gasteiger charge is 2.37. The minimum absolute atomic E-state index is 0.127. The molecule has 0 radical (unpaired) electrons. The predicted octanol–water partition coefficient (Wildman–Crippen LogP) is 4.80. The van der Waals surface area contributed by atoms with Crippen molar-refractivity contribution >= 4 is 29.0 Å². The zero-order valence-corrected chi connectivity index (χ0v) is 19.7. The van der Waals surface area contributed by atoms with Crippen LogP contribution in [-0.4, -0.2) is 34.4 Å². The first-order valence-electron chi connectivity index (χ1n) is 11.3. The number of rotatable bonds is 5. The van der Waals surface area contributed by atoms with E-state index in [1.165, 1.54) is 6.07 Å². The fourth-order valence-corrected chi connectivity index (χ4v) is 4.74. The van der Waals surface area contributed by atoms with Gasteiger partial charge in [-0.1, -0.05) is 11.6 Å². The molecular formula is C24H25ClF4N4O2. The van der Waals surface area contributed by atoms with E-state index in [9.17, 15) is 27.5 Å². The average molecular weight is 513 g/mol. The van der Waals surface area contributed by atoms with Crippen LogP contribution in [-0.2, 0) is 17.6 Å². The second-order valence-electron chi connectivity index (χ2n) is 9.04. The number of amides is 1. The van der Waals surface area contributed by atoms with Gasteiger partial charge in [-0.3, -0.25) is 4.79 Å². The first-order chi connectivity index (χ1) is 16.5. The molecule has 1 aliphatic carbocycles. The molecule has 0 bridgehead atoms. The summed E-state index contributed by atoms with van der Waals surface area (Å²) in [4.78, 5) is 22.6. The van der Waals surface area contributed by atoms with E-state index < -0.39 is 36.1 Å². The molecule has 1 aromatic carbocycles. The number of carbonyl (C=O) groups excluding carboxylic acids is 1. The Morgan fingerprint density at radius 2 is 2.00 bits per heavy atom. The lowest BCUT2D eigenvalue weighted by molar-refractivity contribution is -0.141. The van der Waals surface area contributed by atoms with Crippen molar-refractivity contribution in [2.75, 3.05) is 11.4 Å². The number of anilines is 1. The van der Waals surface area contributed by atoms with Gasteiger partial charge in [0.25, 0.3) is 5.91 Å². The Labute approximate surface area is 204 Å². The van der Waals surface area contributed by atoms with Crippen LogP contribution in [0, 0.1) is 11.7 Å². The molecule has 2 aliphatic rings. The zero-order valence-electron chi connectivity index (χ0n) is 18.9. The van der Waals surface area contributed by atoms with Gasteiger partial charge in [0.15, 0.2) is 0 Å². The summed E-state index contributed by atoms with van der Waals surface area (Å²) in [6, 6.07) is 4.61. The maximum Gasteiger partial charge on any atom is 0.433 e. The molecule has 4 rings (SSSR count). The van der Waals surface area contributed by atoms with Gasteiger partial charge in [0.05, 0.1) is 12.3 Å². The number of aromatic nitrogens is 1. The first kappa shape index (κ1) is 25.4. The second-order valence-corrected chi connectivity index (χ2v) is 9.48. The Morgan fingerprint density at radius 1 is 1.29 bits per heavy atom. The van der Waals surface area contributed by atoms with Crippen LogP contribution >= 0.6 is 11.6 Å². The molecule has 6 nitrogen and oxygen atoms in total. The monoisotopic (exact) mass is 512 g/mol. The zero-order chi connectivity index (χ0) is 25.5. The molecule has 0 spiro atoms. The minimum Gasteiger partial charge on any atom is -0.391 e. The van der Waals surface area contributed by atoms with Crippen molar-refractivity contribution in [3.8, 4) is 0 Å². The van der Waals surface area contributed by atoms with Gasteiger partial charge in [-0.2, -0.15) is 18.2 Å². The van der Waals surface area contributed by atoms with E-state index >= 15 is 0 Å². The number of aliphatic hydroxyl groups excluding tert-OH is 1. The topological polar surface area (TPSA) is 91.8 Å². The number of halogens is 5. The van der Waals surface area contributed by atoms with Crippen LogP contribution in [0.25, 0.3) is 0 Å². The molecular weight excluding hydrogens is 488 g/mol. The van der Waals surface area contributed by atoms with Gasteiger partial charge >= 0.3 is 6.18 Å². The quantitative estimate of drug-likeness (QED) is 0.341. The van der Waals surface area contributed by atoms with Crippen molar-refractivity contribution in [1.29, 1.82) is 0 Å². The number of hydrogen-bond donors (Lipinski definition) is 2. The van der Waals surface area contributed by atoms with Gasteiger partial charge in [0.2, 0.25) is 0 Å². The first-order valence-corrected chi connectivity index (χ1v) is 11.7. The number of hydrogen-bond acceptors (Lipinski definition) is 4. The molecule has 2 fully saturated rings. The fraction of sp³-hybridized carbons (Fsp3) is 0.458. The molecule has 188 valence electrons.